The van der Waals surface area contributed by atoms with Crippen LogP contribution >= 0.6 is 22.9 Å². The van der Waals surface area contributed by atoms with Crippen LogP contribution in [-0.2, 0) is 32.4 Å². The first-order valence-electron chi connectivity index (χ1n) is 15.1. The molecule has 0 saturated carbocycles. The molecule has 2 N–H and O–H groups in total. The number of halogens is 1. The zero-order valence-corrected chi connectivity index (χ0v) is 28.8. The fourth-order valence-corrected chi connectivity index (χ4v) is 7.82. The van der Waals surface area contributed by atoms with E-state index in [-0.39, 0.29) is 36.7 Å². The van der Waals surface area contributed by atoms with Crippen LogP contribution in [0.3, 0.4) is 0 Å². The summed E-state index contributed by atoms with van der Waals surface area (Å²) in [5.74, 6) is -0.275. The molecule has 0 bridgehead atoms. The van der Waals surface area contributed by atoms with E-state index in [1.807, 2.05) is 26.0 Å². The lowest BCUT2D eigenvalue weighted by molar-refractivity contribution is -0.118. The van der Waals surface area contributed by atoms with Gasteiger partial charge in [0.2, 0.25) is 15.9 Å². The van der Waals surface area contributed by atoms with Crippen LogP contribution in [0.5, 0.6) is 0 Å². The number of methoxy groups -OCH3 is 1. The number of rotatable bonds is 16. The van der Waals surface area contributed by atoms with Gasteiger partial charge in [0, 0.05) is 29.7 Å². The van der Waals surface area contributed by atoms with Gasteiger partial charge in [0.25, 0.3) is 0 Å². The number of benzene rings is 3. The lowest BCUT2D eigenvalue weighted by Crippen LogP contribution is -2.45. The number of carbonyl (C=O) groups excluding carboxylic acids is 2. The first kappa shape index (κ1) is 35.9. The van der Waals surface area contributed by atoms with E-state index in [1.54, 1.807) is 54.0 Å². The highest BCUT2D eigenvalue weighted by molar-refractivity contribution is 7.89. The monoisotopic (exact) mass is 699 g/mol. The molecule has 4 rings (SSSR count). The van der Waals surface area contributed by atoms with Crippen molar-refractivity contribution in [1.29, 1.82) is 0 Å². The number of thiazole rings is 1. The number of nitroso groups, excluding NO2 is 1. The first-order chi connectivity index (χ1) is 22.5. The number of fused-ring (bicyclic) bond motifs is 1. The van der Waals surface area contributed by atoms with Crippen LogP contribution in [0.25, 0.3) is 10.2 Å². The summed E-state index contributed by atoms with van der Waals surface area (Å²) in [4.78, 5) is 41.7. The molecule has 0 spiro atoms. The Kier molecular flexibility index (Phi) is 12.8. The molecule has 11 nitrogen and oxygen atoms in total. The van der Waals surface area contributed by atoms with Crippen LogP contribution in [0.1, 0.15) is 37.8 Å². The van der Waals surface area contributed by atoms with Crippen molar-refractivity contribution in [2.45, 2.75) is 56.5 Å². The summed E-state index contributed by atoms with van der Waals surface area (Å²) in [6.45, 7) is 3.99. The summed E-state index contributed by atoms with van der Waals surface area (Å²) in [5, 5.41) is 9.05. The number of ether oxygens (including phenoxy) is 1. The largest absolute Gasteiger partial charge is 0.453 e. The molecule has 0 radical (unpaired) electrons. The Balaban J connectivity index is 1.57. The summed E-state index contributed by atoms with van der Waals surface area (Å²) in [6, 6.07) is 17.2. The summed E-state index contributed by atoms with van der Waals surface area (Å²) < 4.78 is 35.0. The van der Waals surface area contributed by atoms with E-state index >= 15 is 0 Å². The van der Waals surface area contributed by atoms with Crippen LogP contribution in [0.15, 0.2) is 82.3 Å². The van der Waals surface area contributed by atoms with Crippen molar-refractivity contribution in [2.75, 3.05) is 25.5 Å². The summed E-state index contributed by atoms with van der Waals surface area (Å²) in [5.41, 5.74) is 4.25. The number of amides is 2. The molecule has 0 aliphatic carbocycles. The maximum Gasteiger partial charge on any atom is 0.407 e. The SMILES string of the molecule is COC(=O)NC(Cc1ccccc1Cl)C(=O)Nc1ccccc1CCC(CN=O)N(CCC(C)C)S(=O)(=O)c1ccc2ncsc2c1. The standard InChI is InChI=1S/C33H38ClN5O6S2/c1-22(2)16-17-39(47(43,44)26-14-15-29-31(19-26)46-21-35-29)25(20-36-42)13-12-23-8-5-7-11-28(23)37-32(40)30(38-33(41)45-3)18-24-9-4-6-10-27(24)34/h4-11,14-15,19,21-22,25,30H,12-13,16-18,20H2,1-3H3,(H,37,40)(H,38,41). The molecule has 2 amide bonds. The molecule has 14 heteroatoms. The Labute approximate surface area is 283 Å². The van der Waals surface area contributed by atoms with Crippen molar-refractivity contribution in [1.82, 2.24) is 14.6 Å². The number of para-hydroxylation sites is 1. The van der Waals surface area contributed by atoms with Gasteiger partial charge in [-0.25, -0.2) is 18.2 Å². The minimum absolute atomic E-state index is 0.117. The van der Waals surface area contributed by atoms with Gasteiger partial charge in [0.15, 0.2) is 0 Å². The van der Waals surface area contributed by atoms with Crippen LogP contribution in [0.4, 0.5) is 10.5 Å². The second-order valence-corrected chi connectivity index (χ2v) is 14.6. The van der Waals surface area contributed by atoms with Gasteiger partial charge < -0.3 is 15.4 Å². The van der Waals surface area contributed by atoms with Gasteiger partial charge in [0.05, 0.1) is 34.3 Å². The van der Waals surface area contributed by atoms with Gasteiger partial charge in [-0.15, -0.1) is 11.3 Å². The molecule has 0 aliphatic heterocycles. The van der Waals surface area contributed by atoms with E-state index in [0.717, 1.165) is 10.3 Å². The smallest absolute Gasteiger partial charge is 0.407 e. The maximum atomic E-state index is 14.1. The molecule has 1 heterocycles. The van der Waals surface area contributed by atoms with Crippen LogP contribution in [-0.4, -0.2) is 62.0 Å². The Morgan fingerprint density at radius 2 is 1.77 bits per heavy atom. The number of nitrogens with one attached hydrogen (secondary N) is 2. The zero-order chi connectivity index (χ0) is 34.0. The number of anilines is 1. The number of hydrogen-bond donors (Lipinski definition) is 2. The number of carbonyl (C=O) groups is 2. The summed E-state index contributed by atoms with van der Waals surface area (Å²) >= 11 is 7.68. The highest BCUT2D eigenvalue weighted by atomic mass is 35.5. The van der Waals surface area contributed by atoms with Gasteiger partial charge in [0.1, 0.15) is 6.04 Å². The van der Waals surface area contributed by atoms with Gasteiger partial charge in [-0.2, -0.15) is 9.21 Å². The predicted octanol–water partition coefficient (Wildman–Crippen LogP) is 6.66. The van der Waals surface area contributed by atoms with E-state index < -0.39 is 34.1 Å². The predicted molar refractivity (Wildman–Crippen MR) is 185 cm³/mol. The fraction of sp³-hybridized carbons (Fsp3) is 0.364. The second-order valence-electron chi connectivity index (χ2n) is 11.4. The minimum Gasteiger partial charge on any atom is -0.453 e. The van der Waals surface area contributed by atoms with Gasteiger partial charge in [-0.05, 0) is 66.6 Å². The number of aromatic nitrogens is 1. The highest BCUT2D eigenvalue weighted by Crippen LogP contribution is 2.28. The number of hydrogen-bond acceptors (Lipinski definition) is 9. The third kappa shape index (κ3) is 9.57. The van der Waals surface area contributed by atoms with Crippen molar-refractivity contribution in [2.24, 2.45) is 11.1 Å². The second kappa shape index (κ2) is 16.8. The Morgan fingerprint density at radius 1 is 1.04 bits per heavy atom. The van der Waals surface area contributed by atoms with Crippen LogP contribution in [0.2, 0.25) is 5.02 Å². The Bertz CT molecular complexity index is 1800. The topological polar surface area (TPSA) is 147 Å². The average molecular weight is 700 g/mol. The fourth-order valence-electron chi connectivity index (χ4n) is 5.12. The van der Waals surface area contributed by atoms with E-state index in [1.165, 1.54) is 28.8 Å². The normalized spacial score (nSPS) is 13.0. The van der Waals surface area contributed by atoms with E-state index in [4.69, 9.17) is 16.3 Å². The molecule has 4 aromatic rings. The Morgan fingerprint density at radius 3 is 2.47 bits per heavy atom. The molecule has 0 fully saturated rings. The summed E-state index contributed by atoms with van der Waals surface area (Å²) in [7, 11) is -2.79. The molecule has 250 valence electrons. The van der Waals surface area contributed by atoms with Crippen molar-refractivity contribution >= 4 is 60.9 Å². The highest BCUT2D eigenvalue weighted by Gasteiger charge is 2.32. The van der Waals surface area contributed by atoms with Gasteiger partial charge in [-0.3, -0.25) is 4.79 Å². The number of nitrogens with zero attached hydrogens (tertiary/aromatic N) is 3. The van der Waals surface area contributed by atoms with Crippen molar-refractivity contribution in [3.63, 3.8) is 0 Å². The maximum absolute atomic E-state index is 14.1. The van der Waals surface area contributed by atoms with Gasteiger partial charge >= 0.3 is 6.09 Å². The quantitative estimate of drug-likeness (QED) is 0.124. The third-order valence-electron chi connectivity index (χ3n) is 7.73. The molecule has 1 aromatic heterocycles. The first-order valence-corrected chi connectivity index (χ1v) is 17.8. The average Bonchev–Trinajstić information content (AvgIpc) is 3.53. The molecule has 2 unspecified atom stereocenters. The molecule has 0 saturated heterocycles. The molecule has 0 aliphatic rings. The molecule has 2 atom stereocenters. The van der Waals surface area contributed by atoms with Crippen molar-refractivity contribution in [3.8, 4) is 0 Å². The lowest BCUT2D eigenvalue weighted by Gasteiger charge is -2.30. The van der Waals surface area contributed by atoms with E-state index in [2.05, 4.69) is 20.8 Å². The number of alkyl carbamates (subject to hydrolysis) is 1. The van der Waals surface area contributed by atoms with E-state index in [9.17, 15) is 22.9 Å². The van der Waals surface area contributed by atoms with E-state index in [0.29, 0.717) is 34.6 Å². The van der Waals surface area contributed by atoms with Crippen LogP contribution in [0, 0.1) is 10.8 Å². The molecular formula is C33H38ClN5O6S2. The molecule has 3 aromatic carbocycles. The van der Waals surface area contributed by atoms with Crippen LogP contribution < -0.4 is 10.6 Å². The van der Waals surface area contributed by atoms with Gasteiger partial charge in [-0.1, -0.05) is 67.0 Å². The Hall–Kier alpha value is -3.91. The number of sulfonamides is 1. The van der Waals surface area contributed by atoms with Crippen molar-refractivity contribution in [3.05, 3.63) is 93.3 Å². The zero-order valence-electron chi connectivity index (χ0n) is 26.4. The number of aryl methyl sites for hydroxylation is 1. The lowest BCUT2D eigenvalue weighted by atomic mass is 10.0. The third-order valence-corrected chi connectivity index (χ3v) is 10.8. The van der Waals surface area contributed by atoms with Crippen molar-refractivity contribution < 1.29 is 22.7 Å². The molecule has 47 heavy (non-hydrogen) atoms. The minimum atomic E-state index is -4.00. The summed E-state index contributed by atoms with van der Waals surface area (Å²) in [6.07, 6.45) is 0.530. The molecular weight excluding hydrogens is 662 g/mol.